The van der Waals surface area contributed by atoms with Crippen molar-refractivity contribution in [3.05, 3.63) is 29.8 Å². The van der Waals surface area contributed by atoms with Crippen molar-refractivity contribution in [2.45, 2.75) is 52.0 Å². The van der Waals surface area contributed by atoms with E-state index in [0.29, 0.717) is 24.3 Å². The lowest BCUT2D eigenvalue weighted by molar-refractivity contribution is -0.117. The zero-order valence-corrected chi connectivity index (χ0v) is 12.8. The number of rotatable bonds is 4. The van der Waals surface area contributed by atoms with Crippen molar-refractivity contribution in [1.29, 1.82) is 0 Å². The summed E-state index contributed by atoms with van der Waals surface area (Å²) in [5.41, 5.74) is 2.16. The number of anilines is 1. The number of piperidine rings is 1. The number of carbonyl (C=O) groups excluding carboxylic acids is 1. The van der Waals surface area contributed by atoms with E-state index in [2.05, 4.69) is 43.5 Å². The van der Waals surface area contributed by atoms with Crippen molar-refractivity contribution in [1.82, 2.24) is 5.32 Å². The lowest BCUT2D eigenvalue weighted by atomic mass is 9.90. The van der Waals surface area contributed by atoms with Crippen LogP contribution in [0.5, 0.6) is 0 Å². The Balaban J connectivity index is 1.92. The van der Waals surface area contributed by atoms with Crippen LogP contribution in [0.1, 0.15) is 51.5 Å². The van der Waals surface area contributed by atoms with Crippen LogP contribution in [0.4, 0.5) is 5.69 Å². The van der Waals surface area contributed by atoms with Gasteiger partial charge < -0.3 is 10.6 Å². The first-order chi connectivity index (χ1) is 9.56. The molecular weight excluding hydrogens is 248 g/mol. The van der Waals surface area contributed by atoms with Crippen LogP contribution in [0.2, 0.25) is 0 Å². The number of hydrogen-bond acceptors (Lipinski definition) is 2. The molecule has 0 spiro atoms. The lowest BCUT2D eigenvalue weighted by Crippen LogP contribution is -2.42. The van der Waals surface area contributed by atoms with E-state index in [1.54, 1.807) is 0 Å². The van der Waals surface area contributed by atoms with Crippen molar-refractivity contribution < 1.29 is 4.79 Å². The number of amides is 1. The summed E-state index contributed by atoms with van der Waals surface area (Å²) in [7, 11) is 0. The summed E-state index contributed by atoms with van der Waals surface area (Å²) in [6.07, 6.45) is 3.00. The van der Waals surface area contributed by atoms with E-state index in [0.717, 1.165) is 12.2 Å². The standard InChI is InChI=1S/C17H26N2O/c1-12(2)14-7-4-8-15(10-14)19-17(20)11-16-13(3)6-5-9-18-16/h4,7-8,10,12-13,16,18H,5-6,9,11H2,1-3H3,(H,19,20). The molecule has 3 nitrogen and oxygen atoms in total. The highest BCUT2D eigenvalue weighted by atomic mass is 16.1. The first-order valence-corrected chi connectivity index (χ1v) is 7.69. The Labute approximate surface area is 122 Å². The first-order valence-electron chi connectivity index (χ1n) is 7.69. The molecule has 20 heavy (non-hydrogen) atoms. The third-order valence-electron chi connectivity index (χ3n) is 4.17. The second-order valence-electron chi connectivity index (χ2n) is 6.21. The van der Waals surface area contributed by atoms with Crippen molar-refractivity contribution in [2.24, 2.45) is 5.92 Å². The van der Waals surface area contributed by atoms with Gasteiger partial charge >= 0.3 is 0 Å². The first kappa shape index (κ1) is 15.0. The zero-order valence-electron chi connectivity index (χ0n) is 12.8. The molecule has 1 aromatic rings. The quantitative estimate of drug-likeness (QED) is 0.882. The summed E-state index contributed by atoms with van der Waals surface area (Å²) in [6.45, 7) is 7.58. The number of carbonyl (C=O) groups is 1. The average Bonchev–Trinajstić information content (AvgIpc) is 2.41. The van der Waals surface area contributed by atoms with Gasteiger partial charge in [0.1, 0.15) is 0 Å². The largest absolute Gasteiger partial charge is 0.326 e. The van der Waals surface area contributed by atoms with E-state index >= 15 is 0 Å². The summed E-state index contributed by atoms with van der Waals surface area (Å²) >= 11 is 0. The van der Waals surface area contributed by atoms with Gasteiger partial charge in [-0.25, -0.2) is 0 Å². The Hall–Kier alpha value is -1.35. The second-order valence-corrected chi connectivity index (χ2v) is 6.21. The molecule has 2 N–H and O–H groups in total. The number of benzene rings is 1. The lowest BCUT2D eigenvalue weighted by Gasteiger charge is -2.29. The topological polar surface area (TPSA) is 41.1 Å². The van der Waals surface area contributed by atoms with Crippen molar-refractivity contribution >= 4 is 11.6 Å². The number of hydrogen-bond donors (Lipinski definition) is 2. The molecule has 0 aliphatic carbocycles. The van der Waals surface area contributed by atoms with Gasteiger partial charge in [-0.1, -0.05) is 32.9 Å². The van der Waals surface area contributed by atoms with Crippen LogP contribution in [0.15, 0.2) is 24.3 Å². The molecule has 2 atom stereocenters. The van der Waals surface area contributed by atoms with Gasteiger partial charge in [0, 0.05) is 18.2 Å². The van der Waals surface area contributed by atoms with Crippen molar-refractivity contribution in [2.75, 3.05) is 11.9 Å². The van der Waals surface area contributed by atoms with E-state index in [9.17, 15) is 4.79 Å². The van der Waals surface area contributed by atoms with Crippen molar-refractivity contribution in [3.63, 3.8) is 0 Å². The molecule has 110 valence electrons. The average molecular weight is 274 g/mol. The van der Waals surface area contributed by atoms with Gasteiger partial charge in [-0.2, -0.15) is 0 Å². The van der Waals surface area contributed by atoms with Gasteiger partial charge in [0.05, 0.1) is 0 Å². The van der Waals surface area contributed by atoms with Gasteiger partial charge in [0.15, 0.2) is 0 Å². The molecule has 3 heteroatoms. The van der Waals surface area contributed by atoms with Crippen LogP contribution in [-0.2, 0) is 4.79 Å². The smallest absolute Gasteiger partial charge is 0.225 e. The summed E-state index contributed by atoms with van der Waals surface area (Å²) in [6, 6.07) is 8.45. The highest BCUT2D eigenvalue weighted by Gasteiger charge is 2.23. The predicted octanol–water partition coefficient (Wildman–Crippen LogP) is 3.53. The monoisotopic (exact) mass is 274 g/mol. The molecule has 0 aromatic heterocycles. The molecular formula is C17H26N2O. The molecule has 0 saturated carbocycles. The summed E-state index contributed by atoms with van der Waals surface area (Å²) < 4.78 is 0. The fraction of sp³-hybridized carbons (Fsp3) is 0.588. The molecule has 1 heterocycles. The highest BCUT2D eigenvalue weighted by Crippen LogP contribution is 2.21. The maximum absolute atomic E-state index is 12.2. The van der Waals surface area contributed by atoms with Crippen LogP contribution >= 0.6 is 0 Å². The van der Waals surface area contributed by atoms with E-state index < -0.39 is 0 Å². The molecule has 1 aliphatic rings. The molecule has 0 bridgehead atoms. The SMILES string of the molecule is CC(C)c1cccc(NC(=O)CC2NCCCC2C)c1. The molecule has 1 aromatic carbocycles. The predicted molar refractivity (Wildman–Crippen MR) is 84.0 cm³/mol. The Bertz CT molecular complexity index is 456. The maximum Gasteiger partial charge on any atom is 0.225 e. The Morgan fingerprint density at radius 3 is 2.95 bits per heavy atom. The summed E-state index contributed by atoms with van der Waals surface area (Å²) in [4.78, 5) is 12.2. The molecule has 1 fully saturated rings. The van der Waals surface area contributed by atoms with Gasteiger partial charge in [-0.05, 0) is 48.9 Å². The van der Waals surface area contributed by atoms with Crippen LogP contribution in [0, 0.1) is 5.92 Å². The van der Waals surface area contributed by atoms with Gasteiger partial charge in [-0.3, -0.25) is 4.79 Å². The fourth-order valence-electron chi connectivity index (χ4n) is 2.77. The number of nitrogens with one attached hydrogen (secondary N) is 2. The van der Waals surface area contributed by atoms with E-state index in [4.69, 9.17) is 0 Å². The molecule has 1 aliphatic heterocycles. The molecule has 1 saturated heterocycles. The van der Waals surface area contributed by atoms with Gasteiger partial charge in [0.2, 0.25) is 5.91 Å². The Kier molecular flexibility index (Phi) is 5.18. The third-order valence-corrected chi connectivity index (χ3v) is 4.17. The summed E-state index contributed by atoms with van der Waals surface area (Å²) in [5, 5.41) is 6.48. The van der Waals surface area contributed by atoms with E-state index in [1.165, 1.54) is 18.4 Å². The molecule has 0 radical (unpaired) electrons. The minimum Gasteiger partial charge on any atom is -0.326 e. The zero-order chi connectivity index (χ0) is 14.5. The second kappa shape index (κ2) is 6.89. The fourth-order valence-corrected chi connectivity index (χ4v) is 2.77. The van der Waals surface area contributed by atoms with Gasteiger partial charge in [0.25, 0.3) is 0 Å². The van der Waals surface area contributed by atoms with Crippen LogP contribution in [0.25, 0.3) is 0 Å². The summed E-state index contributed by atoms with van der Waals surface area (Å²) in [5.74, 6) is 1.17. The molecule has 2 unspecified atom stereocenters. The van der Waals surface area contributed by atoms with Gasteiger partial charge in [-0.15, -0.1) is 0 Å². The third kappa shape index (κ3) is 4.07. The normalized spacial score (nSPS) is 22.8. The van der Waals surface area contributed by atoms with E-state index in [1.807, 2.05) is 12.1 Å². The molecule has 2 rings (SSSR count). The molecule has 1 amide bonds. The van der Waals surface area contributed by atoms with E-state index in [-0.39, 0.29) is 5.91 Å². The van der Waals surface area contributed by atoms with Crippen LogP contribution < -0.4 is 10.6 Å². The Morgan fingerprint density at radius 1 is 1.45 bits per heavy atom. The van der Waals surface area contributed by atoms with Crippen LogP contribution in [0.3, 0.4) is 0 Å². The maximum atomic E-state index is 12.2. The minimum absolute atomic E-state index is 0.108. The van der Waals surface area contributed by atoms with Crippen molar-refractivity contribution in [3.8, 4) is 0 Å². The highest BCUT2D eigenvalue weighted by molar-refractivity contribution is 5.91. The Morgan fingerprint density at radius 2 is 2.25 bits per heavy atom. The van der Waals surface area contributed by atoms with Crippen LogP contribution in [-0.4, -0.2) is 18.5 Å². The minimum atomic E-state index is 0.108.